The Bertz CT molecular complexity index is 357. The molecular formula is C14H23FN2O2. The number of hydrogen-bond donors (Lipinski definition) is 1. The fraction of sp³-hybridized carbons (Fsp3) is 0.643. The molecule has 0 aromatic carbocycles. The van der Waals surface area contributed by atoms with Gasteiger partial charge in [0.05, 0.1) is 12.2 Å². The van der Waals surface area contributed by atoms with Gasteiger partial charge in [-0.3, -0.25) is 4.98 Å². The monoisotopic (exact) mass is 270 g/mol. The molecule has 0 saturated carbocycles. The standard InChI is InChI=1S/C14H23FN2O2/c1-4-8-17-13(14(18-5-2)19-6-3)11-7-9-16-10-12(11)15/h7,9-10,13-14,17H,4-6,8H2,1-3H3. The van der Waals surface area contributed by atoms with Crippen molar-refractivity contribution in [1.29, 1.82) is 0 Å². The second-order valence-corrected chi connectivity index (χ2v) is 4.11. The summed E-state index contributed by atoms with van der Waals surface area (Å²) in [5.41, 5.74) is 0.523. The van der Waals surface area contributed by atoms with Gasteiger partial charge in [-0.25, -0.2) is 4.39 Å². The largest absolute Gasteiger partial charge is 0.351 e. The Hall–Kier alpha value is -1.04. The molecule has 1 aromatic rings. The van der Waals surface area contributed by atoms with Crippen molar-refractivity contribution in [2.45, 2.75) is 39.5 Å². The molecule has 1 N–H and O–H groups in total. The Morgan fingerprint density at radius 3 is 2.47 bits per heavy atom. The summed E-state index contributed by atoms with van der Waals surface area (Å²) < 4.78 is 25.1. The van der Waals surface area contributed by atoms with E-state index in [4.69, 9.17) is 9.47 Å². The Balaban J connectivity index is 2.94. The quantitative estimate of drug-likeness (QED) is 0.701. The van der Waals surface area contributed by atoms with E-state index >= 15 is 0 Å². The molecular weight excluding hydrogens is 247 g/mol. The summed E-state index contributed by atoms with van der Waals surface area (Å²) >= 11 is 0. The first-order chi connectivity index (χ1) is 9.24. The van der Waals surface area contributed by atoms with Crippen LogP contribution >= 0.6 is 0 Å². The van der Waals surface area contributed by atoms with Crippen molar-refractivity contribution in [3.8, 4) is 0 Å². The lowest BCUT2D eigenvalue weighted by atomic mass is 10.1. The van der Waals surface area contributed by atoms with Gasteiger partial charge in [0.15, 0.2) is 6.29 Å². The average molecular weight is 270 g/mol. The van der Waals surface area contributed by atoms with Crippen molar-refractivity contribution in [3.05, 3.63) is 29.8 Å². The molecule has 0 spiro atoms. The van der Waals surface area contributed by atoms with Gasteiger partial charge in [0.25, 0.3) is 0 Å². The van der Waals surface area contributed by atoms with E-state index in [1.165, 1.54) is 6.20 Å². The van der Waals surface area contributed by atoms with Crippen LogP contribution < -0.4 is 5.32 Å². The SMILES string of the molecule is CCCNC(c1ccncc1F)C(OCC)OCC. The molecule has 1 aromatic heterocycles. The zero-order valence-electron chi connectivity index (χ0n) is 11.9. The van der Waals surface area contributed by atoms with E-state index in [2.05, 4.69) is 17.2 Å². The van der Waals surface area contributed by atoms with Crippen LogP contribution in [0.4, 0.5) is 4.39 Å². The lowest BCUT2D eigenvalue weighted by Gasteiger charge is -2.28. The fourth-order valence-corrected chi connectivity index (χ4v) is 1.86. The van der Waals surface area contributed by atoms with Crippen molar-refractivity contribution in [2.75, 3.05) is 19.8 Å². The number of aromatic nitrogens is 1. The lowest BCUT2D eigenvalue weighted by molar-refractivity contribution is -0.155. The Morgan fingerprint density at radius 2 is 1.95 bits per heavy atom. The van der Waals surface area contributed by atoms with Gasteiger partial charge in [-0.2, -0.15) is 0 Å². The third-order valence-electron chi connectivity index (χ3n) is 2.69. The number of rotatable bonds is 9. The predicted molar refractivity (Wildman–Crippen MR) is 72.3 cm³/mol. The van der Waals surface area contributed by atoms with E-state index in [1.54, 1.807) is 12.3 Å². The van der Waals surface area contributed by atoms with Crippen molar-refractivity contribution in [3.63, 3.8) is 0 Å². The number of halogens is 1. The van der Waals surface area contributed by atoms with Crippen LogP contribution in [0, 0.1) is 5.82 Å². The third kappa shape index (κ3) is 4.86. The molecule has 0 bridgehead atoms. The van der Waals surface area contributed by atoms with E-state index in [-0.39, 0.29) is 11.9 Å². The number of ether oxygens (including phenoxy) is 2. The Morgan fingerprint density at radius 1 is 1.26 bits per heavy atom. The summed E-state index contributed by atoms with van der Waals surface area (Å²) in [7, 11) is 0. The minimum absolute atomic E-state index is 0.331. The van der Waals surface area contributed by atoms with Crippen molar-refractivity contribution >= 4 is 0 Å². The topological polar surface area (TPSA) is 43.4 Å². The van der Waals surface area contributed by atoms with Crippen LogP contribution in [-0.4, -0.2) is 31.0 Å². The normalized spacial score (nSPS) is 12.9. The third-order valence-corrected chi connectivity index (χ3v) is 2.69. The molecule has 0 fully saturated rings. The molecule has 0 radical (unpaired) electrons. The number of nitrogens with one attached hydrogen (secondary N) is 1. The number of hydrogen-bond acceptors (Lipinski definition) is 4. The van der Waals surface area contributed by atoms with Crippen molar-refractivity contribution in [1.82, 2.24) is 10.3 Å². The van der Waals surface area contributed by atoms with E-state index in [1.807, 2.05) is 13.8 Å². The molecule has 0 aliphatic rings. The molecule has 0 aliphatic heterocycles. The summed E-state index contributed by atoms with van der Waals surface area (Å²) in [6.07, 6.45) is 3.24. The summed E-state index contributed by atoms with van der Waals surface area (Å²) in [5, 5.41) is 3.28. The maximum absolute atomic E-state index is 13.9. The van der Waals surface area contributed by atoms with E-state index < -0.39 is 6.29 Å². The summed E-state index contributed by atoms with van der Waals surface area (Å²) in [4.78, 5) is 3.77. The summed E-state index contributed by atoms with van der Waals surface area (Å²) in [6, 6.07) is 1.33. The number of pyridine rings is 1. The maximum atomic E-state index is 13.9. The van der Waals surface area contributed by atoms with Crippen molar-refractivity contribution in [2.24, 2.45) is 0 Å². The predicted octanol–water partition coefficient (Wildman–Crippen LogP) is 2.66. The first kappa shape index (κ1) is 16.0. The van der Waals surface area contributed by atoms with Crippen LogP contribution in [0.1, 0.15) is 38.8 Å². The molecule has 4 nitrogen and oxygen atoms in total. The summed E-state index contributed by atoms with van der Waals surface area (Å²) in [5.74, 6) is -0.347. The zero-order valence-corrected chi connectivity index (χ0v) is 11.9. The highest BCUT2D eigenvalue weighted by Crippen LogP contribution is 2.22. The van der Waals surface area contributed by atoms with Crippen LogP contribution in [-0.2, 0) is 9.47 Å². The highest BCUT2D eigenvalue weighted by Gasteiger charge is 2.26. The molecule has 108 valence electrons. The summed E-state index contributed by atoms with van der Waals surface area (Å²) in [6.45, 7) is 7.65. The van der Waals surface area contributed by atoms with Crippen LogP contribution in [0.5, 0.6) is 0 Å². The smallest absolute Gasteiger partial charge is 0.176 e. The van der Waals surface area contributed by atoms with E-state index in [9.17, 15) is 4.39 Å². The van der Waals surface area contributed by atoms with Crippen molar-refractivity contribution < 1.29 is 13.9 Å². The van der Waals surface area contributed by atoms with Gasteiger partial charge in [0.1, 0.15) is 5.82 Å². The van der Waals surface area contributed by atoms with Gasteiger partial charge in [-0.15, -0.1) is 0 Å². The Kier molecular flexibility index (Phi) is 7.55. The van der Waals surface area contributed by atoms with Crippen LogP contribution in [0.25, 0.3) is 0 Å². The molecule has 1 unspecified atom stereocenters. The highest BCUT2D eigenvalue weighted by atomic mass is 19.1. The molecule has 1 heterocycles. The minimum Gasteiger partial charge on any atom is -0.351 e. The maximum Gasteiger partial charge on any atom is 0.176 e. The molecule has 0 saturated heterocycles. The molecule has 0 amide bonds. The van der Waals surface area contributed by atoms with Crippen LogP contribution in [0.2, 0.25) is 0 Å². The van der Waals surface area contributed by atoms with Gasteiger partial charge in [0.2, 0.25) is 0 Å². The minimum atomic E-state index is -0.501. The van der Waals surface area contributed by atoms with E-state index in [0.29, 0.717) is 18.8 Å². The zero-order chi connectivity index (χ0) is 14.1. The Labute approximate surface area is 114 Å². The molecule has 0 aliphatic carbocycles. The van der Waals surface area contributed by atoms with Gasteiger partial charge in [0, 0.05) is 25.0 Å². The second kappa shape index (κ2) is 8.96. The molecule has 5 heteroatoms. The van der Waals surface area contributed by atoms with Gasteiger partial charge in [-0.1, -0.05) is 6.92 Å². The molecule has 19 heavy (non-hydrogen) atoms. The highest BCUT2D eigenvalue weighted by molar-refractivity contribution is 5.18. The first-order valence-electron chi connectivity index (χ1n) is 6.80. The van der Waals surface area contributed by atoms with Crippen LogP contribution in [0.15, 0.2) is 18.5 Å². The van der Waals surface area contributed by atoms with Gasteiger partial charge in [-0.05, 0) is 32.9 Å². The molecule has 1 rings (SSSR count). The molecule has 1 atom stereocenters. The second-order valence-electron chi connectivity index (χ2n) is 4.11. The lowest BCUT2D eigenvalue weighted by Crippen LogP contribution is -2.37. The van der Waals surface area contributed by atoms with Crippen LogP contribution in [0.3, 0.4) is 0 Å². The fourth-order valence-electron chi connectivity index (χ4n) is 1.86. The van der Waals surface area contributed by atoms with Gasteiger partial charge >= 0.3 is 0 Å². The first-order valence-corrected chi connectivity index (χ1v) is 6.80. The van der Waals surface area contributed by atoms with Gasteiger partial charge < -0.3 is 14.8 Å². The van der Waals surface area contributed by atoms with E-state index in [0.717, 1.165) is 13.0 Å². The average Bonchev–Trinajstić information content (AvgIpc) is 2.41. The number of nitrogens with zero attached hydrogens (tertiary/aromatic N) is 1.